The van der Waals surface area contributed by atoms with Crippen molar-refractivity contribution in [1.29, 1.82) is 0 Å². The Morgan fingerprint density at radius 3 is 3.00 bits per heavy atom. The number of urea groups is 1. The van der Waals surface area contributed by atoms with Crippen molar-refractivity contribution in [1.82, 2.24) is 10.2 Å². The van der Waals surface area contributed by atoms with E-state index in [1.165, 1.54) is 0 Å². The summed E-state index contributed by atoms with van der Waals surface area (Å²) in [6, 6.07) is 6.14. The third kappa shape index (κ3) is 2.88. The Bertz CT molecular complexity index is 529. The summed E-state index contributed by atoms with van der Waals surface area (Å²) in [6.45, 7) is 2.51. The first-order chi connectivity index (χ1) is 10.2. The van der Waals surface area contributed by atoms with Gasteiger partial charge < -0.3 is 25.0 Å². The van der Waals surface area contributed by atoms with Gasteiger partial charge in [0.05, 0.1) is 25.9 Å². The van der Waals surface area contributed by atoms with Gasteiger partial charge in [-0.15, -0.1) is 0 Å². The highest BCUT2D eigenvalue weighted by atomic mass is 16.6. The third-order valence-electron chi connectivity index (χ3n) is 4.01. The van der Waals surface area contributed by atoms with Gasteiger partial charge in [-0.05, 0) is 24.2 Å². The van der Waals surface area contributed by atoms with E-state index >= 15 is 0 Å². The van der Waals surface area contributed by atoms with Gasteiger partial charge in [0, 0.05) is 19.3 Å². The van der Waals surface area contributed by atoms with Crippen LogP contribution in [0, 0.1) is 0 Å². The third-order valence-corrected chi connectivity index (χ3v) is 4.01. The smallest absolute Gasteiger partial charge is 0.321 e. The molecule has 2 N–H and O–H groups in total. The maximum Gasteiger partial charge on any atom is 0.321 e. The van der Waals surface area contributed by atoms with E-state index in [1.807, 2.05) is 19.2 Å². The number of carbonyl (C=O) groups excluding carboxylic acids is 1. The Hall–Kier alpha value is -1.63. The van der Waals surface area contributed by atoms with Crippen LogP contribution in [0.25, 0.3) is 0 Å². The molecule has 2 aliphatic heterocycles. The fourth-order valence-electron chi connectivity index (χ4n) is 2.86. The number of rotatable bonds is 3. The Kier molecular flexibility index (Phi) is 4.10. The number of hydrogen-bond donors (Lipinski definition) is 2. The van der Waals surface area contributed by atoms with Crippen LogP contribution in [0.3, 0.4) is 0 Å². The minimum Gasteiger partial charge on any atom is -0.376 e. The maximum absolute atomic E-state index is 11.6. The fraction of sp³-hybridized carbons (Fsp3) is 0.533. The summed E-state index contributed by atoms with van der Waals surface area (Å²) in [4.78, 5) is 13.3. The second-order valence-corrected chi connectivity index (χ2v) is 5.45. The van der Waals surface area contributed by atoms with Crippen LogP contribution in [-0.4, -0.2) is 51.0 Å². The molecule has 0 saturated carbocycles. The number of likely N-dealkylation sites (N-methyl/N-ethyl adjacent to an activating group) is 1. The van der Waals surface area contributed by atoms with E-state index in [0.29, 0.717) is 26.4 Å². The first-order valence-corrected chi connectivity index (χ1v) is 7.20. The van der Waals surface area contributed by atoms with Crippen LogP contribution >= 0.6 is 0 Å². The van der Waals surface area contributed by atoms with Gasteiger partial charge in [-0.3, -0.25) is 0 Å². The van der Waals surface area contributed by atoms with E-state index in [-0.39, 0.29) is 18.2 Å². The summed E-state index contributed by atoms with van der Waals surface area (Å²) >= 11 is 0. The zero-order valence-corrected chi connectivity index (χ0v) is 12.4. The van der Waals surface area contributed by atoms with Crippen LogP contribution < -0.4 is 10.6 Å². The molecule has 1 saturated heterocycles. The molecular weight excluding hydrogens is 270 g/mol. The zero-order valence-electron chi connectivity index (χ0n) is 12.4. The molecule has 2 unspecified atom stereocenters. The summed E-state index contributed by atoms with van der Waals surface area (Å²) in [5, 5.41) is 6.19. The zero-order chi connectivity index (χ0) is 14.8. The Labute approximate surface area is 124 Å². The number of nitrogens with zero attached hydrogens (tertiary/aromatic N) is 1. The Balaban J connectivity index is 1.84. The van der Waals surface area contributed by atoms with E-state index in [2.05, 4.69) is 16.7 Å². The predicted molar refractivity (Wildman–Crippen MR) is 79.3 cm³/mol. The molecule has 0 radical (unpaired) electrons. The average molecular weight is 291 g/mol. The van der Waals surface area contributed by atoms with Gasteiger partial charge in [-0.1, -0.05) is 12.1 Å². The van der Waals surface area contributed by atoms with Crippen molar-refractivity contribution in [2.24, 2.45) is 0 Å². The normalized spacial score (nSPS) is 23.4. The molecule has 114 valence electrons. The topological polar surface area (TPSA) is 62.8 Å². The van der Waals surface area contributed by atoms with E-state index in [4.69, 9.17) is 9.47 Å². The Morgan fingerprint density at radius 1 is 1.43 bits per heavy atom. The number of hydrogen-bond acceptors (Lipinski definition) is 4. The highest BCUT2D eigenvalue weighted by molar-refractivity contribution is 5.92. The number of anilines is 1. The van der Waals surface area contributed by atoms with Gasteiger partial charge in [0.1, 0.15) is 6.10 Å². The predicted octanol–water partition coefficient (Wildman–Crippen LogP) is 1.34. The van der Waals surface area contributed by atoms with Crippen LogP contribution in [0.1, 0.15) is 17.2 Å². The highest BCUT2D eigenvalue weighted by Gasteiger charge is 2.27. The summed E-state index contributed by atoms with van der Waals surface area (Å²) in [7, 11) is 3.72. The van der Waals surface area contributed by atoms with Crippen molar-refractivity contribution in [2.75, 3.05) is 39.2 Å². The fourth-order valence-corrected chi connectivity index (χ4v) is 2.86. The van der Waals surface area contributed by atoms with Crippen LogP contribution in [0.5, 0.6) is 0 Å². The highest BCUT2D eigenvalue weighted by Crippen LogP contribution is 2.28. The van der Waals surface area contributed by atoms with Gasteiger partial charge in [0.25, 0.3) is 0 Å². The van der Waals surface area contributed by atoms with E-state index in [1.54, 1.807) is 11.9 Å². The second kappa shape index (κ2) is 6.01. The quantitative estimate of drug-likeness (QED) is 0.882. The first-order valence-electron chi connectivity index (χ1n) is 7.20. The molecule has 2 amide bonds. The number of amides is 2. The molecule has 2 atom stereocenters. The van der Waals surface area contributed by atoms with Crippen molar-refractivity contribution < 1.29 is 14.3 Å². The molecule has 6 heteroatoms. The molecule has 0 aliphatic carbocycles. The van der Waals surface area contributed by atoms with Gasteiger partial charge in [0.15, 0.2) is 0 Å². The number of benzene rings is 1. The molecule has 2 aliphatic rings. The first kappa shape index (κ1) is 14.3. The van der Waals surface area contributed by atoms with Gasteiger partial charge in [-0.25, -0.2) is 4.79 Å². The van der Waals surface area contributed by atoms with Crippen LogP contribution in [0.2, 0.25) is 0 Å². The molecule has 6 nitrogen and oxygen atoms in total. The summed E-state index contributed by atoms with van der Waals surface area (Å²) in [5.74, 6) is 0. The lowest BCUT2D eigenvalue weighted by molar-refractivity contribution is -0.101. The number of nitrogens with one attached hydrogen (secondary N) is 2. The number of fused-ring (bicyclic) bond motifs is 1. The molecule has 1 aromatic carbocycles. The minimum absolute atomic E-state index is 0.0118. The molecule has 0 bridgehead atoms. The second-order valence-electron chi connectivity index (χ2n) is 5.45. The molecular formula is C15H21N3O3. The van der Waals surface area contributed by atoms with Crippen molar-refractivity contribution in [3.63, 3.8) is 0 Å². The van der Waals surface area contributed by atoms with Gasteiger partial charge >= 0.3 is 6.03 Å². The maximum atomic E-state index is 11.6. The van der Waals surface area contributed by atoms with Crippen molar-refractivity contribution >= 4 is 11.7 Å². The van der Waals surface area contributed by atoms with Crippen LogP contribution in [0.15, 0.2) is 18.2 Å². The largest absolute Gasteiger partial charge is 0.376 e. The summed E-state index contributed by atoms with van der Waals surface area (Å²) < 4.78 is 11.3. The Morgan fingerprint density at radius 2 is 2.29 bits per heavy atom. The van der Waals surface area contributed by atoms with Crippen molar-refractivity contribution in [3.8, 4) is 0 Å². The number of ether oxygens (including phenoxy) is 2. The molecule has 2 heterocycles. The SMILES string of the molecule is CNC(c1ccc2c(c1)CN(C)C(=O)N2)C1COCCO1. The molecule has 1 aromatic rings. The van der Waals surface area contributed by atoms with Gasteiger partial charge in [-0.2, -0.15) is 0 Å². The number of carbonyl (C=O) groups is 1. The molecule has 21 heavy (non-hydrogen) atoms. The lowest BCUT2D eigenvalue weighted by atomic mass is 9.97. The van der Waals surface area contributed by atoms with Gasteiger partial charge in [0.2, 0.25) is 0 Å². The van der Waals surface area contributed by atoms with Crippen LogP contribution in [-0.2, 0) is 16.0 Å². The lowest BCUT2D eigenvalue weighted by Gasteiger charge is -2.32. The van der Waals surface area contributed by atoms with E-state index in [0.717, 1.165) is 16.8 Å². The molecule has 0 aromatic heterocycles. The summed E-state index contributed by atoms with van der Waals surface area (Å²) in [6.07, 6.45) is 0.0118. The van der Waals surface area contributed by atoms with Crippen molar-refractivity contribution in [2.45, 2.75) is 18.7 Å². The molecule has 1 fully saturated rings. The monoisotopic (exact) mass is 291 g/mol. The lowest BCUT2D eigenvalue weighted by Crippen LogP contribution is -2.39. The standard InChI is InChI=1S/C15H21N3O3/c1-16-14(13-9-20-5-6-21-13)10-3-4-12-11(7-10)8-18(2)15(19)17-12/h3-4,7,13-14,16H,5-6,8-9H2,1-2H3,(H,17,19). The van der Waals surface area contributed by atoms with E-state index < -0.39 is 0 Å². The average Bonchev–Trinajstić information content (AvgIpc) is 2.50. The minimum atomic E-state index is -0.0653. The molecule has 3 rings (SSSR count). The molecule has 0 spiro atoms. The van der Waals surface area contributed by atoms with E-state index in [9.17, 15) is 4.79 Å². The van der Waals surface area contributed by atoms with Crippen LogP contribution in [0.4, 0.5) is 10.5 Å². The van der Waals surface area contributed by atoms with Crippen molar-refractivity contribution in [3.05, 3.63) is 29.3 Å². The summed E-state index contributed by atoms with van der Waals surface area (Å²) in [5.41, 5.74) is 3.15.